The van der Waals surface area contributed by atoms with Crippen LogP contribution in [0.5, 0.6) is 0 Å². The minimum absolute atomic E-state index is 0.162. The van der Waals surface area contributed by atoms with E-state index in [2.05, 4.69) is 52.4 Å². The van der Waals surface area contributed by atoms with Crippen molar-refractivity contribution in [3.05, 3.63) is 46.1 Å². The second kappa shape index (κ2) is 8.19. The molecule has 2 aliphatic rings. The van der Waals surface area contributed by atoms with Crippen LogP contribution in [0.15, 0.2) is 35.0 Å². The monoisotopic (exact) mass is 483 g/mol. The summed E-state index contributed by atoms with van der Waals surface area (Å²) in [4.78, 5) is 0. The minimum atomic E-state index is -1.29. The van der Waals surface area contributed by atoms with Crippen LogP contribution in [0.3, 0.4) is 0 Å². The highest BCUT2D eigenvalue weighted by atomic mass is 79.9. The predicted octanol–water partition coefficient (Wildman–Crippen LogP) is 5.33. The van der Waals surface area contributed by atoms with Crippen LogP contribution in [0, 0.1) is 5.92 Å². The lowest BCUT2D eigenvalue weighted by Crippen LogP contribution is -2.69. The van der Waals surface area contributed by atoms with E-state index in [0.29, 0.717) is 18.3 Å². The molecule has 1 aromatic rings. The largest absolute Gasteiger partial charge is 0.598 e. The molecular formula is C23H34BrNO3S. The Bertz CT molecular complexity index is 766. The van der Waals surface area contributed by atoms with Gasteiger partial charge in [0.2, 0.25) is 0 Å². The normalized spacial score (nSPS) is 32.0. The van der Waals surface area contributed by atoms with Gasteiger partial charge < -0.3 is 14.0 Å². The summed E-state index contributed by atoms with van der Waals surface area (Å²) in [5, 5.41) is 0. The Morgan fingerprint density at radius 3 is 2.52 bits per heavy atom. The van der Waals surface area contributed by atoms with Crippen molar-refractivity contribution in [2.45, 2.75) is 75.7 Å². The SMILES string of the molecule is C=C(OCC)C1(N[S@@+]([O-])C(C)(C)C)c2cc(Br)ccc2[C@@]12C[C@@H](CC)[C@H](OC)C2. The van der Waals surface area contributed by atoms with Crippen molar-refractivity contribution in [3.8, 4) is 0 Å². The van der Waals surface area contributed by atoms with Gasteiger partial charge in [0.05, 0.1) is 12.7 Å². The van der Waals surface area contributed by atoms with Crippen LogP contribution in [0.25, 0.3) is 0 Å². The molecule has 1 spiro atoms. The molecule has 2 aliphatic carbocycles. The summed E-state index contributed by atoms with van der Waals surface area (Å²) in [6.45, 7) is 15.0. The number of hydrogen-bond acceptors (Lipinski definition) is 4. The van der Waals surface area contributed by atoms with Gasteiger partial charge in [-0.25, -0.2) is 0 Å². The molecule has 0 radical (unpaired) electrons. The third-order valence-corrected chi connectivity index (χ3v) is 8.77. The average molecular weight is 485 g/mol. The minimum Gasteiger partial charge on any atom is -0.598 e. The summed E-state index contributed by atoms with van der Waals surface area (Å²) in [6, 6.07) is 6.41. The topological polar surface area (TPSA) is 53.5 Å². The van der Waals surface area contributed by atoms with Crippen LogP contribution < -0.4 is 4.72 Å². The molecule has 1 N–H and O–H groups in total. The molecule has 0 aliphatic heterocycles. The van der Waals surface area contributed by atoms with Gasteiger partial charge in [-0.1, -0.05) is 41.9 Å². The number of halogens is 1. The van der Waals surface area contributed by atoms with Crippen LogP contribution in [0.1, 0.15) is 65.0 Å². The second-order valence-electron chi connectivity index (χ2n) is 9.21. The Labute approximate surface area is 187 Å². The Morgan fingerprint density at radius 2 is 2.00 bits per heavy atom. The second-order valence-corrected chi connectivity index (χ2v) is 12.1. The summed E-state index contributed by atoms with van der Waals surface area (Å²) >= 11 is 2.34. The molecule has 29 heavy (non-hydrogen) atoms. The molecule has 0 heterocycles. The summed E-state index contributed by atoms with van der Waals surface area (Å²) in [5.74, 6) is 1.09. The molecule has 3 rings (SSSR count). The van der Waals surface area contributed by atoms with E-state index < -0.39 is 21.6 Å². The zero-order valence-electron chi connectivity index (χ0n) is 18.4. The number of methoxy groups -OCH3 is 1. The molecule has 1 unspecified atom stereocenters. The third kappa shape index (κ3) is 3.49. The number of ether oxygens (including phenoxy) is 2. The molecule has 162 valence electrons. The van der Waals surface area contributed by atoms with E-state index in [-0.39, 0.29) is 11.5 Å². The van der Waals surface area contributed by atoms with Crippen molar-refractivity contribution in [1.29, 1.82) is 0 Å². The van der Waals surface area contributed by atoms with Crippen molar-refractivity contribution in [2.75, 3.05) is 13.7 Å². The van der Waals surface area contributed by atoms with Crippen molar-refractivity contribution in [3.63, 3.8) is 0 Å². The van der Waals surface area contributed by atoms with Crippen molar-refractivity contribution >= 4 is 27.3 Å². The summed E-state index contributed by atoms with van der Waals surface area (Å²) in [7, 11) is 1.80. The van der Waals surface area contributed by atoms with Gasteiger partial charge in [-0.05, 0) is 69.7 Å². The van der Waals surface area contributed by atoms with Crippen LogP contribution in [0.4, 0.5) is 0 Å². The van der Waals surface area contributed by atoms with E-state index in [9.17, 15) is 4.55 Å². The van der Waals surface area contributed by atoms with Crippen molar-refractivity contribution in [1.82, 2.24) is 4.72 Å². The van der Waals surface area contributed by atoms with Gasteiger partial charge >= 0.3 is 0 Å². The van der Waals surface area contributed by atoms with Gasteiger partial charge in [0.15, 0.2) is 5.54 Å². The van der Waals surface area contributed by atoms with Gasteiger partial charge in [0.1, 0.15) is 10.5 Å². The van der Waals surface area contributed by atoms with Crippen LogP contribution in [-0.4, -0.2) is 29.1 Å². The first-order valence-electron chi connectivity index (χ1n) is 10.4. The highest BCUT2D eigenvalue weighted by Gasteiger charge is 2.71. The van der Waals surface area contributed by atoms with E-state index in [1.54, 1.807) is 7.11 Å². The number of benzene rings is 1. The molecule has 0 aromatic heterocycles. The third-order valence-electron chi connectivity index (χ3n) is 6.67. The molecule has 6 heteroatoms. The molecule has 1 saturated carbocycles. The average Bonchev–Trinajstić information content (AvgIpc) is 3.06. The van der Waals surface area contributed by atoms with E-state index in [1.807, 2.05) is 27.7 Å². The standard InChI is InChI=1S/C23H34BrNO3S/c1-8-16-13-22(14-20(16)27-7)18-11-10-17(24)12-19(18)23(22,15(3)28-9-2)25-29(26)21(4,5)6/h10-12,16,20,25H,3,8-9,13-14H2,1-2,4-7H3/t16-,20-,22+,23?,29+/m1/s1. The molecule has 1 fully saturated rings. The Hall–Kier alpha value is -0.530. The fraction of sp³-hybridized carbons (Fsp3) is 0.652. The number of nitrogens with one attached hydrogen (secondary N) is 1. The number of rotatable bonds is 7. The van der Waals surface area contributed by atoms with Crippen LogP contribution in [-0.2, 0) is 31.8 Å². The van der Waals surface area contributed by atoms with Gasteiger partial charge in [-0.2, -0.15) is 0 Å². The molecule has 0 amide bonds. The van der Waals surface area contributed by atoms with Crippen molar-refractivity contribution in [2.24, 2.45) is 5.92 Å². The summed E-state index contributed by atoms with van der Waals surface area (Å²) in [6.07, 6.45) is 3.02. The maximum absolute atomic E-state index is 13.4. The Morgan fingerprint density at radius 1 is 1.31 bits per heavy atom. The fourth-order valence-electron chi connectivity index (χ4n) is 5.22. The molecule has 1 aromatic carbocycles. The predicted molar refractivity (Wildman–Crippen MR) is 123 cm³/mol. The van der Waals surface area contributed by atoms with Crippen LogP contribution >= 0.6 is 15.9 Å². The van der Waals surface area contributed by atoms with E-state index in [4.69, 9.17) is 9.47 Å². The zero-order valence-corrected chi connectivity index (χ0v) is 20.8. The van der Waals surface area contributed by atoms with Gasteiger partial charge in [-0.15, -0.1) is 4.72 Å². The molecule has 0 bridgehead atoms. The highest BCUT2D eigenvalue weighted by molar-refractivity contribution is 9.10. The first kappa shape index (κ1) is 23.1. The Kier molecular flexibility index (Phi) is 6.54. The van der Waals surface area contributed by atoms with Gasteiger partial charge in [0.25, 0.3) is 0 Å². The molecule has 5 atom stereocenters. The summed E-state index contributed by atoms with van der Waals surface area (Å²) < 4.78 is 29.4. The fourth-order valence-corrected chi connectivity index (χ4v) is 6.59. The Balaban J connectivity index is 2.21. The van der Waals surface area contributed by atoms with Crippen LogP contribution in [0.2, 0.25) is 0 Å². The maximum Gasteiger partial charge on any atom is 0.154 e. The van der Waals surface area contributed by atoms with Gasteiger partial charge in [-0.3, -0.25) is 0 Å². The van der Waals surface area contributed by atoms with Crippen molar-refractivity contribution < 1.29 is 14.0 Å². The zero-order chi connectivity index (χ0) is 21.6. The molecule has 4 nitrogen and oxygen atoms in total. The lowest BCUT2D eigenvalue weighted by molar-refractivity contribution is 0.0504. The lowest BCUT2D eigenvalue weighted by atomic mass is 9.49. The summed E-state index contributed by atoms with van der Waals surface area (Å²) in [5.41, 5.74) is 1.44. The van der Waals surface area contributed by atoms with Gasteiger partial charge in [0, 0.05) is 28.4 Å². The lowest BCUT2D eigenvalue weighted by Gasteiger charge is -2.59. The van der Waals surface area contributed by atoms with E-state index in [0.717, 1.165) is 29.3 Å². The number of hydrogen-bond donors (Lipinski definition) is 1. The first-order valence-corrected chi connectivity index (χ1v) is 12.4. The van der Waals surface area contributed by atoms with E-state index >= 15 is 0 Å². The number of fused-ring (bicyclic) bond motifs is 2. The quantitative estimate of drug-likeness (QED) is 0.420. The molecule has 0 saturated heterocycles. The maximum atomic E-state index is 13.4. The molecular weight excluding hydrogens is 450 g/mol. The highest BCUT2D eigenvalue weighted by Crippen LogP contribution is 2.67. The smallest absolute Gasteiger partial charge is 0.154 e. The first-order chi connectivity index (χ1) is 13.6. The van der Waals surface area contributed by atoms with E-state index in [1.165, 1.54) is 5.56 Å².